The van der Waals surface area contributed by atoms with Gasteiger partial charge >= 0.3 is 5.97 Å². The lowest BCUT2D eigenvalue weighted by Crippen LogP contribution is -2.09. The molecule has 0 saturated carbocycles. The van der Waals surface area contributed by atoms with Crippen molar-refractivity contribution in [3.63, 3.8) is 0 Å². The van der Waals surface area contributed by atoms with Crippen LogP contribution in [0, 0.1) is 0 Å². The fourth-order valence-electron chi connectivity index (χ4n) is 1.84. The average molecular weight is 288 g/mol. The number of carbonyl (C=O) groups excluding carboxylic acids is 1. The molecule has 0 N–H and O–H groups in total. The molecule has 3 heterocycles. The van der Waals surface area contributed by atoms with Gasteiger partial charge in [-0.1, -0.05) is 0 Å². The van der Waals surface area contributed by atoms with Crippen molar-refractivity contribution in [2.75, 3.05) is 0 Å². The molecule has 0 unspecified atom stereocenters. The smallest absolute Gasteiger partial charge is 0.340 e. The number of imidazole rings is 1. The van der Waals surface area contributed by atoms with Crippen LogP contribution in [0.1, 0.15) is 28.4 Å². The minimum absolute atomic E-state index is 0.373. The number of rotatable bonds is 3. The molecule has 0 aromatic carbocycles. The summed E-state index contributed by atoms with van der Waals surface area (Å²) < 4.78 is 7.17. The zero-order valence-corrected chi connectivity index (χ0v) is 11.8. The summed E-state index contributed by atoms with van der Waals surface area (Å²) in [7, 11) is 1.85. The maximum Gasteiger partial charge on any atom is 0.340 e. The monoisotopic (exact) mass is 288 g/mol. The van der Waals surface area contributed by atoms with Gasteiger partial charge in [0.05, 0.1) is 11.9 Å². The second-order valence-electron chi connectivity index (χ2n) is 4.34. The van der Waals surface area contributed by atoms with Gasteiger partial charge in [0, 0.05) is 24.8 Å². The Bertz CT molecular complexity index is 751. The van der Waals surface area contributed by atoms with E-state index in [1.54, 1.807) is 30.1 Å². The second kappa shape index (κ2) is 5.01. The average Bonchev–Trinajstić information content (AvgIpc) is 3.08. The molecular weight excluding hydrogens is 276 g/mol. The highest BCUT2D eigenvalue weighted by molar-refractivity contribution is 7.09. The predicted molar refractivity (Wildman–Crippen MR) is 74.5 cm³/mol. The number of ether oxygens (including phenoxy) is 1. The van der Waals surface area contributed by atoms with Gasteiger partial charge in [-0.05, 0) is 13.0 Å². The van der Waals surface area contributed by atoms with E-state index in [-0.39, 0.29) is 6.10 Å². The van der Waals surface area contributed by atoms with Crippen LogP contribution in [0.4, 0.5) is 0 Å². The minimum Gasteiger partial charge on any atom is -0.452 e. The van der Waals surface area contributed by atoms with Gasteiger partial charge in [0.2, 0.25) is 0 Å². The van der Waals surface area contributed by atoms with Crippen LogP contribution in [-0.2, 0) is 11.8 Å². The highest BCUT2D eigenvalue weighted by Crippen LogP contribution is 2.21. The summed E-state index contributed by atoms with van der Waals surface area (Å²) in [6, 6.07) is 1.68. The summed E-state index contributed by atoms with van der Waals surface area (Å²) in [6.07, 6.45) is 4.47. The fourth-order valence-corrected chi connectivity index (χ4v) is 2.46. The first-order valence-electron chi connectivity index (χ1n) is 6.02. The van der Waals surface area contributed by atoms with Crippen molar-refractivity contribution in [1.82, 2.24) is 19.5 Å². The van der Waals surface area contributed by atoms with Crippen LogP contribution >= 0.6 is 11.3 Å². The largest absolute Gasteiger partial charge is 0.452 e. The summed E-state index contributed by atoms with van der Waals surface area (Å²) in [5.74, 6) is -0.423. The topological polar surface area (TPSA) is 69.9 Å². The Kier molecular flexibility index (Phi) is 3.19. The van der Waals surface area contributed by atoms with Gasteiger partial charge in [0.25, 0.3) is 0 Å². The lowest BCUT2D eigenvalue weighted by atomic mass is 10.2. The van der Waals surface area contributed by atoms with Gasteiger partial charge in [-0.2, -0.15) is 0 Å². The molecule has 0 saturated heterocycles. The Hall–Kier alpha value is -2.28. The first kappa shape index (κ1) is 12.7. The van der Waals surface area contributed by atoms with Crippen molar-refractivity contribution < 1.29 is 9.53 Å². The molecular formula is C13H12N4O2S. The van der Waals surface area contributed by atoms with Crippen LogP contribution in [0.15, 0.2) is 30.2 Å². The Morgan fingerprint density at radius 2 is 2.25 bits per heavy atom. The van der Waals surface area contributed by atoms with E-state index in [0.29, 0.717) is 11.1 Å². The van der Waals surface area contributed by atoms with Crippen LogP contribution in [0.5, 0.6) is 0 Å². The summed E-state index contributed by atoms with van der Waals surface area (Å²) in [5, 5.41) is 2.62. The van der Waals surface area contributed by atoms with Crippen molar-refractivity contribution >= 4 is 28.5 Å². The number of hydrogen-bond donors (Lipinski definition) is 0. The molecule has 6 nitrogen and oxygen atoms in total. The number of nitrogens with zero attached hydrogens (tertiary/aromatic N) is 4. The molecule has 3 aromatic heterocycles. The molecule has 0 aliphatic rings. The first-order chi connectivity index (χ1) is 9.65. The molecule has 0 spiro atoms. The predicted octanol–water partition coefficient (Wildman–Crippen LogP) is 2.34. The highest BCUT2D eigenvalue weighted by Gasteiger charge is 2.16. The number of aromatic nitrogens is 4. The quantitative estimate of drug-likeness (QED) is 0.692. The maximum absolute atomic E-state index is 12.1. The molecule has 0 aliphatic carbocycles. The molecule has 0 aliphatic heterocycles. The van der Waals surface area contributed by atoms with Gasteiger partial charge < -0.3 is 9.30 Å². The van der Waals surface area contributed by atoms with E-state index in [1.807, 2.05) is 12.4 Å². The molecule has 7 heteroatoms. The third kappa shape index (κ3) is 2.27. The number of esters is 1. The molecule has 3 rings (SSSR count). The van der Waals surface area contributed by atoms with Gasteiger partial charge in [-0.3, -0.25) is 0 Å². The van der Waals surface area contributed by atoms with E-state index in [1.165, 1.54) is 17.5 Å². The number of fused-ring (bicyclic) bond motifs is 1. The second-order valence-corrected chi connectivity index (χ2v) is 5.27. The third-order valence-corrected chi connectivity index (χ3v) is 3.81. The highest BCUT2D eigenvalue weighted by atomic mass is 32.1. The van der Waals surface area contributed by atoms with Crippen molar-refractivity contribution in [2.45, 2.75) is 13.0 Å². The molecule has 0 bridgehead atoms. The molecule has 102 valence electrons. The number of hydrogen-bond acceptors (Lipinski definition) is 6. The minimum atomic E-state index is -0.423. The van der Waals surface area contributed by atoms with E-state index in [4.69, 9.17) is 4.74 Å². The molecule has 0 amide bonds. The number of aryl methyl sites for hydroxylation is 1. The van der Waals surface area contributed by atoms with E-state index < -0.39 is 5.97 Å². The van der Waals surface area contributed by atoms with E-state index in [9.17, 15) is 4.79 Å². The van der Waals surface area contributed by atoms with Crippen molar-refractivity contribution in [1.29, 1.82) is 0 Å². The number of pyridine rings is 1. The molecule has 3 aromatic rings. The summed E-state index contributed by atoms with van der Waals surface area (Å²) in [6.45, 7) is 1.80. The van der Waals surface area contributed by atoms with Crippen LogP contribution in [-0.4, -0.2) is 25.5 Å². The van der Waals surface area contributed by atoms with Crippen molar-refractivity contribution in [3.05, 3.63) is 40.7 Å². The normalized spacial score (nSPS) is 12.5. The van der Waals surface area contributed by atoms with E-state index in [2.05, 4.69) is 15.0 Å². The van der Waals surface area contributed by atoms with Crippen molar-refractivity contribution in [3.8, 4) is 0 Å². The lowest BCUT2D eigenvalue weighted by molar-refractivity contribution is 0.0337. The summed E-state index contributed by atoms with van der Waals surface area (Å²) >= 11 is 1.45. The van der Waals surface area contributed by atoms with Crippen LogP contribution in [0.2, 0.25) is 0 Å². The van der Waals surface area contributed by atoms with Gasteiger partial charge in [-0.15, -0.1) is 11.3 Å². The van der Waals surface area contributed by atoms with Crippen LogP contribution < -0.4 is 0 Å². The van der Waals surface area contributed by atoms with Gasteiger partial charge in [0.15, 0.2) is 11.8 Å². The third-order valence-electron chi connectivity index (χ3n) is 2.87. The number of carbonyl (C=O) groups is 1. The fraction of sp³-hybridized carbons (Fsp3) is 0.231. The van der Waals surface area contributed by atoms with Gasteiger partial charge in [0.1, 0.15) is 10.5 Å². The first-order valence-corrected chi connectivity index (χ1v) is 6.90. The van der Waals surface area contributed by atoms with E-state index >= 15 is 0 Å². The molecule has 0 fully saturated rings. The molecule has 0 radical (unpaired) electrons. The summed E-state index contributed by atoms with van der Waals surface area (Å²) in [4.78, 5) is 24.6. The van der Waals surface area contributed by atoms with Gasteiger partial charge in [-0.25, -0.2) is 19.7 Å². The zero-order valence-electron chi connectivity index (χ0n) is 11.0. The maximum atomic E-state index is 12.1. The van der Waals surface area contributed by atoms with E-state index in [0.717, 1.165) is 10.7 Å². The van der Waals surface area contributed by atoms with Crippen molar-refractivity contribution in [2.24, 2.45) is 7.05 Å². The van der Waals surface area contributed by atoms with Crippen LogP contribution in [0.25, 0.3) is 11.2 Å². The standard InChI is InChI=1S/C13H12N4O2S/c1-8(12-14-3-4-20-12)19-13(18)9-5-10-11(15-6-9)17(2)7-16-10/h3-8H,1-2H3/t8-/m1/s1. The molecule has 1 atom stereocenters. The van der Waals surface area contributed by atoms with Crippen LogP contribution in [0.3, 0.4) is 0 Å². The zero-order chi connectivity index (χ0) is 14.1. The lowest BCUT2D eigenvalue weighted by Gasteiger charge is -2.10. The molecule has 20 heavy (non-hydrogen) atoms. The number of thiazole rings is 1. The SMILES string of the molecule is C[C@@H](OC(=O)c1cnc2c(c1)ncn2C)c1nccs1. The Balaban J connectivity index is 1.81. The summed E-state index contributed by atoms with van der Waals surface area (Å²) in [5.41, 5.74) is 1.79. The Morgan fingerprint density at radius 3 is 3.00 bits per heavy atom. The Labute approximate surface area is 119 Å². The Morgan fingerprint density at radius 1 is 1.40 bits per heavy atom.